The van der Waals surface area contributed by atoms with E-state index < -0.39 is 0 Å². The number of hydrogen-bond donors (Lipinski definition) is 1. The first-order valence-electron chi connectivity index (χ1n) is 6.21. The summed E-state index contributed by atoms with van der Waals surface area (Å²) in [4.78, 5) is 12.2. The molecule has 0 amide bonds. The van der Waals surface area contributed by atoms with Crippen molar-refractivity contribution in [2.75, 3.05) is 5.73 Å². The second-order valence-electron chi connectivity index (χ2n) is 4.81. The van der Waals surface area contributed by atoms with E-state index in [-0.39, 0.29) is 11.7 Å². The quantitative estimate of drug-likeness (QED) is 0.774. The van der Waals surface area contributed by atoms with Crippen LogP contribution in [0.2, 0.25) is 0 Å². The first-order chi connectivity index (χ1) is 8.75. The highest BCUT2D eigenvalue weighted by atomic mass is 16.1. The van der Waals surface area contributed by atoms with Crippen molar-refractivity contribution < 1.29 is 4.79 Å². The number of Topliss-reactive ketones (excluding diaryl/α,β-unsaturated/α-hetero) is 1. The van der Waals surface area contributed by atoms with Crippen molar-refractivity contribution >= 4 is 11.5 Å². The highest BCUT2D eigenvalue weighted by molar-refractivity contribution is 6.00. The second-order valence-corrected chi connectivity index (χ2v) is 4.81. The molecule has 1 aliphatic rings. The van der Waals surface area contributed by atoms with Crippen LogP contribution in [-0.4, -0.2) is 5.78 Å². The Bertz CT molecular complexity index is 589. The van der Waals surface area contributed by atoms with Crippen LogP contribution in [-0.2, 0) is 6.42 Å². The fraction of sp³-hybridized carbons (Fsp3) is 0.188. The van der Waals surface area contributed by atoms with Gasteiger partial charge in [0.25, 0.3) is 0 Å². The standard InChI is InChI=1S/C16H15NO/c17-15-8-4-7-13-14(15)9-12(10-16(13)18)11-5-2-1-3-6-11/h1-8,12H,9-10,17H2. The van der Waals surface area contributed by atoms with Gasteiger partial charge in [0.05, 0.1) is 0 Å². The van der Waals surface area contributed by atoms with E-state index in [2.05, 4.69) is 12.1 Å². The molecule has 0 spiro atoms. The summed E-state index contributed by atoms with van der Waals surface area (Å²) in [6.45, 7) is 0. The van der Waals surface area contributed by atoms with E-state index in [1.165, 1.54) is 5.56 Å². The number of carbonyl (C=O) groups is 1. The zero-order valence-corrected chi connectivity index (χ0v) is 10.1. The van der Waals surface area contributed by atoms with Crippen LogP contribution in [0.15, 0.2) is 48.5 Å². The number of ketones is 1. The molecule has 3 rings (SSSR count). The fourth-order valence-electron chi connectivity index (χ4n) is 2.71. The molecule has 2 N–H and O–H groups in total. The molecule has 0 bridgehead atoms. The number of carbonyl (C=O) groups excluding carboxylic acids is 1. The van der Waals surface area contributed by atoms with Gasteiger partial charge in [0.2, 0.25) is 0 Å². The molecule has 90 valence electrons. The van der Waals surface area contributed by atoms with E-state index in [9.17, 15) is 4.79 Å². The van der Waals surface area contributed by atoms with Gasteiger partial charge >= 0.3 is 0 Å². The average molecular weight is 237 g/mol. The van der Waals surface area contributed by atoms with Gasteiger partial charge in [0.15, 0.2) is 5.78 Å². The number of anilines is 1. The Balaban J connectivity index is 2.01. The van der Waals surface area contributed by atoms with Crippen LogP contribution in [0, 0.1) is 0 Å². The van der Waals surface area contributed by atoms with Crippen molar-refractivity contribution in [3.63, 3.8) is 0 Å². The Morgan fingerprint density at radius 3 is 2.50 bits per heavy atom. The molecule has 2 nitrogen and oxygen atoms in total. The number of hydrogen-bond acceptors (Lipinski definition) is 2. The van der Waals surface area contributed by atoms with Crippen LogP contribution in [0.4, 0.5) is 5.69 Å². The van der Waals surface area contributed by atoms with Gasteiger partial charge in [-0.3, -0.25) is 4.79 Å². The van der Waals surface area contributed by atoms with E-state index in [0.717, 1.165) is 23.2 Å². The van der Waals surface area contributed by atoms with Gasteiger partial charge in [-0.25, -0.2) is 0 Å². The normalized spacial score (nSPS) is 18.4. The summed E-state index contributed by atoms with van der Waals surface area (Å²) in [6.07, 6.45) is 1.44. The van der Waals surface area contributed by atoms with Crippen molar-refractivity contribution in [2.24, 2.45) is 0 Å². The molecule has 0 heterocycles. The molecule has 2 aromatic carbocycles. The predicted octanol–water partition coefficient (Wildman–Crippen LogP) is 3.18. The summed E-state index contributed by atoms with van der Waals surface area (Å²) in [5.74, 6) is 0.466. The predicted molar refractivity (Wildman–Crippen MR) is 72.7 cm³/mol. The van der Waals surface area contributed by atoms with Gasteiger partial charge in [0, 0.05) is 17.7 Å². The van der Waals surface area contributed by atoms with Crippen LogP contribution in [0.25, 0.3) is 0 Å². The number of nitrogen functional groups attached to an aromatic ring is 1. The van der Waals surface area contributed by atoms with E-state index >= 15 is 0 Å². The highest BCUT2D eigenvalue weighted by Gasteiger charge is 2.27. The third-order valence-corrected chi connectivity index (χ3v) is 3.67. The molecule has 18 heavy (non-hydrogen) atoms. The van der Waals surface area contributed by atoms with E-state index in [1.54, 1.807) is 0 Å². The lowest BCUT2D eigenvalue weighted by Crippen LogP contribution is -2.20. The highest BCUT2D eigenvalue weighted by Crippen LogP contribution is 2.34. The Kier molecular flexibility index (Phi) is 2.63. The third-order valence-electron chi connectivity index (χ3n) is 3.67. The lowest BCUT2D eigenvalue weighted by atomic mass is 9.79. The maximum absolute atomic E-state index is 12.2. The zero-order chi connectivity index (χ0) is 12.5. The molecule has 0 aliphatic heterocycles. The van der Waals surface area contributed by atoms with Gasteiger partial charge in [-0.05, 0) is 29.5 Å². The van der Waals surface area contributed by atoms with Crippen molar-refractivity contribution in [3.05, 3.63) is 65.2 Å². The molecule has 2 heteroatoms. The lowest BCUT2D eigenvalue weighted by Gasteiger charge is -2.25. The number of fused-ring (bicyclic) bond motifs is 1. The maximum atomic E-state index is 12.2. The van der Waals surface area contributed by atoms with Gasteiger partial charge in [0.1, 0.15) is 0 Å². The summed E-state index contributed by atoms with van der Waals surface area (Å²) in [7, 11) is 0. The summed E-state index contributed by atoms with van der Waals surface area (Å²) < 4.78 is 0. The Morgan fingerprint density at radius 2 is 1.72 bits per heavy atom. The minimum atomic E-state index is 0.206. The van der Waals surface area contributed by atoms with Crippen molar-refractivity contribution in [1.82, 2.24) is 0 Å². The van der Waals surface area contributed by atoms with Crippen LogP contribution >= 0.6 is 0 Å². The molecule has 1 aliphatic carbocycles. The van der Waals surface area contributed by atoms with E-state index in [1.807, 2.05) is 36.4 Å². The molecular weight excluding hydrogens is 222 g/mol. The first-order valence-corrected chi connectivity index (χ1v) is 6.21. The third kappa shape index (κ3) is 1.80. The molecule has 0 fully saturated rings. The zero-order valence-electron chi connectivity index (χ0n) is 10.1. The minimum Gasteiger partial charge on any atom is -0.398 e. The van der Waals surface area contributed by atoms with Gasteiger partial charge in [-0.2, -0.15) is 0 Å². The number of rotatable bonds is 1. The van der Waals surface area contributed by atoms with E-state index in [4.69, 9.17) is 5.73 Å². The molecule has 2 aromatic rings. The first kappa shape index (κ1) is 11.0. The lowest BCUT2D eigenvalue weighted by molar-refractivity contribution is 0.0964. The topological polar surface area (TPSA) is 43.1 Å². The fourth-order valence-corrected chi connectivity index (χ4v) is 2.71. The largest absolute Gasteiger partial charge is 0.398 e. The molecular formula is C16H15NO. The summed E-state index contributed by atoms with van der Waals surface area (Å²) in [6, 6.07) is 15.8. The van der Waals surface area contributed by atoms with Crippen molar-refractivity contribution in [1.29, 1.82) is 0 Å². The minimum absolute atomic E-state index is 0.206. The van der Waals surface area contributed by atoms with Gasteiger partial charge in [-0.1, -0.05) is 42.5 Å². The summed E-state index contributed by atoms with van der Waals surface area (Å²) in [5.41, 5.74) is 9.77. The second kappa shape index (κ2) is 4.30. The molecule has 0 aromatic heterocycles. The average Bonchev–Trinajstić information content (AvgIpc) is 2.41. The van der Waals surface area contributed by atoms with E-state index in [0.29, 0.717) is 6.42 Å². The molecule has 0 radical (unpaired) electrons. The smallest absolute Gasteiger partial charge is 0.163 e. The Hall–Kier alpha value is -2.09. The molecule has 1 unspecified atom stereocenters. The van der Waals surface area contributed by atoms with Crippen LogP contribution in [0.3, 0.4) is 0 Å². The molecule has 0 saturated carbocycles. The van der Waals surface area contributed by atoms with Crippen LogP contribution < -0.4 is 5.73 Å². The van der Waals surface area contributed by atoms with Crippen LogP contribution in [0.1, 0.15) is 33.8 Å². The van der Waals surface area contributed by atoms with Gasteiger partial charge in [-0.15, -0.1) is 0 Å². The maximum Gasteiger partial charge on any atom is 0.163 e. The molecule has 1 atom stereocenters. The Labute approximate surface area is 106 Å². The number of benzene rings is 2. The Morgan fingerprint density at radius 1 is 0.944 bits per heavy atom. The monoisotopic (exact) mass is 237 g/mol. The van der Waals surface area contributed by atoms with Crippen molar-refractivity contribution in [3.8, 4) is 0 Å². The number of nitrogens with two attached hydrogens (primary N) is 1. The van der Waals surface area contributed by atoms with Crippen molar-refractivity contribution in [2.45, 2.75) is 18.8 Å². The summed E-state index contributed by atoms with van der Waals surface area (Å²) >= 11 is 0. The molecule has 0 saturated heterocycles. The summed E-state index contributed by atoms with van der Waals surface area (Å²) in [5, 5.41) is 0. The van der Waals surface area contributed by atoms with Crippen LogP contribution in [0.5, 0.6) is 0 Å². The van der Waals surface area contributed by atoms with Gasteiger partial charge < -0.3 is 5.73 Å². The SMILES string of the molecule is Nc1cccc2c1CC(c1ccccc1)CC2=O.